The maximum Gasteiger partial charge on any atom is 0.142 e. The van der Waals surface area contributed by atoms with Crippen molar-refractivity contribution in [3.63, 3.8) is 0 Å². The zero-order valence-corrected chi connectivity index (χ0v) is 11.4. The Morgan fingerprint density at radius 2 is 2.12 bits per heavy atom. The molecule has 1 aromatic carbocycles. The Labute approximate surface area is 114 Å². The zero-order chi connectivity index (χ0) is 12.1. The Kier molecular flexibility index (Phi) is 4.40. The van der Waals surface area contributed by atoms with Crippen LogP contribution >= 0.6 is 27.5 Å². The van der Waals surface area contributed by atoms with Crippen LogP contribution in [0.3, 0.4) is 0 Å². The van der Waals surface area contributed by atoms with Crippen LogP contribution in [-0.2, 0) is 11.9 Å². The van der Waals surface area contributed by atoms with Crippen LogP contribution in [0.4, 0.5) is 0 Å². The van der Waals surface area contributed by atoms with Gasteiger partial charge in [0, 0.05) is 28.9 Å². The Morgan fingerprint density at radius 3 is 2.82 bits per heavy atom. The molecule has 0 aliphatic heterocycles. The van der Waals surface area contributed by atoms with Crippen molar-refractivity contribution >= 4 is 27.5 Å². The average molecular weight is 313 g/mol. The number of hydrogen-bond donors (Lipinski definition) is 0. The van der Waals surface area contributed by atoms with Gasteiger partial charge in [-0.05, 0) is 12.1 Å². The van der Waals surface area contributed by atoms with Gasteiger partial charge in [0.2, 0.25) is 0 Å². The van der Waals surface area contributed by atoms with Gasteiger partial charge in [0.15, 0.2) is 0 Å². The van der Waals surface area contributed by atoms with E-state index in [2.05, 4.69) is 20.9 Å². The number of para-hydroxylation sites is 1. The molecule has 2 rings (SSSR count). The lowest BCUT2D eigenvalue weighted by atomic mass is 10.2. The monoisotopic (exact) mass is 311 g/mol. The molecule has 0 bridgehead atoms. The third kappa shape index (κ3) is 3.20. The van der Waals surface area contributed by atoms with Gasteiger partial charge in [-0.2, -0.15) is 0 Å². The van der Waals surface area contributed by atoms with Crippen molar-refractivity contribution in [1.82, 2.24) is 4.98 Å². The number of ether oxygens (including phenoxy) is 1. The third-order valence-electron chi connectivity index (χ3n) is 2.30. The van der Waals surface area contributed by atoms with Crippen molar-refractivity contribution in [1.29, 1.82) is 0 Å². The summed E-state index contributed by atoms with van der Waals surface area (Å²) in [5.74, 6) is 0.731. The van der Waals surface area contributed by atoms with E-state index in [0.29, 0.717) is 11.6 Å². The molecule has 17 heavy (non-hydrogen) atoms. The second-order valence-corrected chi connectivity index (χ2v) is 4.48. The second-order valence-electron chi connectivity index (χ2n) is 3.51. The van der Waals surface area contributed by atoms with E-state index in [0.717, 1.165) is 22.2 Å². The Hall–Kier alpha value is -1.06. The van der Waals surface area contributed by atoms with E-state index in [4.69, 9.17) is 16.3 Å². The van der Waals surface area contributed by atoms with Gasteiger partial charge in [0.25, 0.3) is 0 Å². The van der Waals surface area contributed by atoms with Crippen LogP contribution in [0.25, 0.3) is 0 Å². The van der Waals surface area contributed by atoms with Crippen LogP contribution in [0.1, 0.15) is 11.1 Å². The summed E-state index contributed by atoms with van der Waals surface area (Å²) >= 11 is 9.53. The standard InChI is InChI=1S/C13H11BrClNO/c14-7-11-4-1-5-12(15)13(11)17-9-10-3-2-6-16-8-10/h1-6,8H,7,9H2. The number of rotatable bonds is 4. The summed E-state index contributed by atoms with van der Waals surface area (Å²) in [5.41, 5.74) is 2.06. The number of aromatic nitrogens is 1. The maximum atomic E-state index is 6.11. The molecule has 0 unspecified atom stereocenters. The molecule has 0 saturated heterocycles. The minimum Gasteiger partial charge on any atom is -0.487 e. The van der Waals surface area contributed by atoms with Gasteiger partial charge < -0.3 is 4.74 Å². The number of nitrogens with zero attached hydrogens (tertiary/aromatic N) is 1. The molecular formula is C13H11BrClNO. The molecule has 0 spiro atoms. The molecule has 1 heterocycles. The molecular weight excluding hydrogens is 302 g/mol. The lowest BCUT2D eigenvalue weighted by molar-refractivity contribution is 0.303. The number of halogens is 2. The molecule has 88 valence electrons. The van der Waals surface area contributed by atoms with E-state index in [1.807, 2.05) is 30.3 Å². The van der Waals surface area contributed by atoms with Crippen molar-refractivity contribution < 1.29 is 4.74 Å². The highest BCUT2D eigenvalue weighted by Crippen LogP contribution is 2.30. The molecule has 1 aromatic heterocycles. The number of hydrogen-bond acceptors (Lipinski definition) is 2. The van der Waals surface area contributed by atoms with Gasteiger partial charge in [0.05, 0.1) is 5.02 Å². The topological polar surface area (TPSA) is 22.1 Å². The van der Waals surface area contributed by atoms with Crippen molar-refractivity contribution in [2.75, 3.05) is 0 Å². The molecule has 0 atom stereocenters. The highest BCUT2D eigenvalue weighted by atomic mass is 79.9. The molecule has 2 nitrogen and oxygen atoms in total. The molecule has 0 N–H and O–H groups in total. The van der Waals surface area contributed by atoms with Gasteiger partial charge in [0.1, 0.15) is 12.4 Å². The Balaban J connectivity index is 2.14. The average Bonchev–Trinajstić information content (AvgIpc) is 2.38. The highest BCUT2D eigenvalue weighted by molar-refractivity contribution is 9.08. The fraction of sp³-hybridized carbons (Fsp3) is 0.154. The smallest absolute Gasteiger partial charge is 0.142 e. The lowest BCUT2D eigenvalue weighted by Gasteiger charge is -2.11. The van der Waals surface area contributed by atoms with Crippen molar-refractivity contribution in [2.24, 2.45) is 0 Å². The largest absolute Gasteiger partial charge is 0.487 e. The molecule has 0 radical (unpaired) electrons. The van der Waals surface area contributed by atoms with Gasteiger partial charge in [-0.3, -0.25) is 4.98 Å². The van der Waals surface area contributed by atoms with Crippen molar-refractivity contribution in [2.45, 2.75) is 11.9 Å². The van der Waals surface area contributed by atoms with Gasteiger partial charge in [-0.1, -0.05) is 45.7 Å². The first kappa shape index (κ1) is 12.4. The normalized spacial score (nSPS) is 10.2. The summed E-state index contributed by atoms with van der Waals surface area (Å²) in [6, 6.07) is 9.58. The first-order valence-corrected chi connectivity index (χ1v) is 6.66. The minimum atomic E-state index is 0.470. The van der Waals surface area contributed by atoms with Crippen LogP contribution in [0.15, 0.2) is 42.7 Å². The Bertz CT molecular complexity index is 490. The summed E-state index contributed by atoms with van der Waals surface area (Å²) in [5, 5.41) is 1.35. The van der Waals surface area contributed by atoms with Crippen molar-refractivity contribution in [3.8, 4) is 5.75 Å². The third-order valence-corrected chi connectivity index (χ3v) is 3.20. The van der Waals surface area contributed by atoms with Crippen LogP contribution in [0, 0.1) is 0 Å². The van der Waals surface area contributed by atoms with Gasteiger partial charge in [-0.15, -0.1) is 0 Å². The maximum absolute atomic E-state index is 6.11. The predicted octanol–water partition coefficient (Wildman–Crippen LogP) is 4.21. The molecule has 2 aromatic rings. The van der Waals surface area contributed by atoms with Crippen molar-refractivity contribution in [3.05, 3.63) is 58.9 Å². The fourth-order valence-corrected chi connectivity index (χ4v) is 2.15. The highest BCUT2D eigenvalue weighted by Gasteiger charge is 2.07. The SMILES string of the molecule is Clc1cccc(CBr)c1OCc1cccnc1. The molecule has 0 fully saturated rings. The van der Waals surface area contributed by atoms with E-state index in [9.17, 15) is 0 Å². The first-order valence-electron chi connectivity index (χ1n) is 5.16. The molecule has 0 amide bonds. The summed E-state index contributed by atoms with van der Waals surface area (Å²) in [7, 11) is 0. The predicted molar refractivity (Wildman–Crippen MR) is 72.7 cm³/mol. The molecule has 0 aliphatic rings. The molecule has 4 heteroatoms. The van der Waals surface area contributed by atoms with E-state index in [-0.39, 0.29) is 0 Å². The van der Waals surface area contributed by atoms with E-state index in [1.165, 1.54) is 0 Å². The quantitative estimate of drug-likeness (QED) is 0.789. The summed E-state index contributed by atoms with van der Waals surface area (Å²) in [6.07, 6.45) is 3.52. The van der Waals surface area contributed by atoms with Crippen LogP contribution < -0.4 is 4.74 Å². The minimum absolute atomic E-state index is 0.470. The first-order chi connectivity index (χ1) is 8.31. The summed E-state index contributed by atoms with van der Waals surface area (Å²) in [4.78, 5) is 4.04. The molecule has 0 aliphatic carbocycles. The zero-order valence-electron chi connectivity index (χ0n) is 9.07. The number of benzene rings is 1. The Morgan fingerprint density at radius 1 is 1.24 bits per heavy atom. The number of pyridine rings is 1. The van der Waals surface area contributed by atoms with Crippen LogP contribution in [0.5, 0.6) is 5.75 Å². The van der Waals surface area contributed by atoms with E-state index in [1.54, 1.807) is 12.4 Å². The van der Waals surface area contributed by atoms with Gasteiger partial charge >= 0.3 is 0 Å². The van der Waals surface area contributed by atoms with Gasteiger partial charge in [-0.25, -0.2) is 0 Å². The summed E-state index contributed by atoms with van der Waals surface area (Å²) < 4.78 is 5.74. The van der Waals surface area contributed by atoms with E-state index >= 15 is 0 Å². The second kappa shape index (κ2) is 6.03. The lowest BCUT2D eigenvalue weighted by Crippen LogP contribution is -1.98. The fourth-order valence-electron chi connectivity index (χ4n) is 1.46. The van der Waals surface area contributed by atoms with E-state index < -0.39 is 0 Å². The van der Waals surface area contributed by atoms with Crippen LogP contribution in [0.2, 0.25) is 5.02 Å². The van der Waals surface area contributed by atoms with Crippen LogP contribution in [-0.4, -0.2) is 4.98 Å². The number of alkyl halides is 1. The molecule has 0 saturated carbocycles. The summed E-state index contributed by atoms with van der Waals surface area (Å²) in [6.45, 7) is 0.470.